The van der Waals surface area contributed by atoms with E-state index in [1.54, 1.807) is 0 Å². The van der Waals surface area contributed by atoms with E-state index in [9.17, 15) is 0 Å². The molecule has 0 aromatic rings. The maximum absolute atomic E-state index is 6.47. The highest BCUT2D eigenvalue weighted by molar-refractivity contribution is 5.93. The zero-order valence-electron chi connectivity index (χ0n) is 7.57. The summed E-state index contributed by atoms with van der Waals surface area (Å²) < 4.78 is 0. The molecule has 0 amide bonds. The quantitative estimate of drug-likeness (QED) is 0.237. The van der Waals surface area contributed by atoms with Gasteiger partial charge in [-0.3, -0.25) is 16.1 Å². The smallest absolute Gasteiger partial charge is 0.192 e. The first-order chi connectivity index (χ1) is 5.54. The maximum atomic E-state index is 6.47. The van der Waals surface area contributed by atoms with E-state index in [2.05, 4.69) is 19.2 Å². The average molecular weight is 174 g/mol. The van der Waals surface area contributed by atoms with Gasteiger partial charge in [0.15, 0.2) is 11.9 Å². The molecule has 0 aromatic carbocycles. The molecule has 0 aliphatic carbocycles. The van der Waals surface area contributed by atoms with Gasteiger partial charge in [0.1, 0.15) is 0 Å². The van der Waals surface area contributed by atoms with Crippen molar-refractivity contribution in [1.82, 2.24) is 10.6 Å². The van der Waals surface area contributed by atoms with Crippen molar-refractivity contribution in [3.63, 3.8) is 0 Å². The SMILES string of the molecule is CCNCC.N=C(N)NC(=N)N. The van der Waals surface area contributed by atoms with E-state index in [-0.39, 0.29) is 11.9 Å². The van der Waals surface area contributed by atoms with Crippen LogP contribution in [0.15, 0.2) is 0 Å². The molecule has 0 aliphatic heterocycles. The summed E-state index contributed by atoms with van der Waals surface area (Å²) in [5.41, 5.74) is 9.49. The van der Waals surface area contributed by atoms with E-state index in [0.29, 0.717) is 0 Å². The molecule has 0 saturated heterocycles. The first-order valence-electron chi connectivity index (χ1n) is 3.70. The van der Waals surface area contributed by atoms with Gasteiger partial charge in [-0.25, -0.2) is 0 Å². The van der Waals surface area contributed by atoms with Gasteiger partial charge in [0.25, 0.3) is 0 Å². The molecule has 0 saturated carbocycles. The minimum Gasteiger partial charge on any atom is -0.370 e. The van der Waals surface area contributed by atoms with Crippen LogP contribution < -0.4 is 22.1 Å². The van der Waals surface area contributed by atoms with Crippen LogP contribution in [0.4, 0.5) is 0 Å². The van der Waals surface area contributed by atoms with Crippen molar-refractivity contribution in [1.29, 1.82) is 10.8 Å². The van der Waals surface area contributed by atoms with Crippen LogP contribution in [-0.2, 0) is 0 Å². The van der Waals surface area contributed by atoms with Crippen LogP contribution in [0.25, 0.3) is 0 Å². The van der Waals surface area contributed by atoms with E-state index in [1.165, 1.54) is 0 Å². The summed E-state index contributed by atoms with van der Waals surface area (Å²) in [7, 11) is 0. The van der Waals surface area contributed by atoms with E-state index in [1.807, 2.05) is 5.32 Å². The Morgan fingerprint density at radius 2 is 1.42 bits per heavy atom. The second kappa shape index (κ2) is 9.70. The highest BCUT2D eigenvalue weighted by Crippen LogP contribution is 1.47. The molecule has 72 valence electrons. The molecule has 12 heavy (non-hydrogen) atoms. The fourth-order valence-corrected chi connectivity index (χ4v) is 0.395. The van der Waals surface area contributed by atoms with Gasteiger partial charge in [-0.1, -0.05) is 13.8 Å². The van der Waals surface area contributed by atoms with E-state index in [4.69, 9.17) is 22.3 Å². The molecule has 6 nitrogen and oxygen atoms in total. The summed E-state index contributed by atoms with van der Waals surface area (Å²) in [6, 6.07) is 0. The zero-order valence-corrected chi connectivity index (χ0v) is 7.57. The summed E-state index contributed by atoms with van der Waals surface area (Å²) in [5.74, 6) is -0.625. The van der Waals surface area contributed by atoms with Gasteiger partial charge < -0.3 is 16.8 Å². The second-order valence-corrected chi connectivity index (χ2v) is 1.91. The standard InChI is InChI=1S/C4H11N.C2H7N5/c1-3-5-4-2;3-1(4)7-2(5)6/h5H,3-4H2,1-2H3;(H7,3,4,5,6,7). The molecule has 0 unspecified atom stereocenters. The topological polar surface area (TPSA) is 124 Å². The molecule has 0 aliphatic rings. The average Bonchev–Trinajstić information content (AvgIpc) is 1.87. The van der Waals surface area contributed by atoms with Crippen molar-refractivity contribution in [3.05, 3.63) is 0 Å². The first kappa shape index (κ1) is 13.3. The van der Waals surface area contributed by atoms with Crippen molar-refractivity contribution in [2.45, 2.75) is 13.8 Å². The summed E-state index contributed by atoms with van der Waals surface area (Å²) in [5, 5.41) is 18.1. The number of hydrogen-bond donors (Lipinski definition) is 6. The fraction of sp³-hybridized carbons (Fsp3) is 0.667. The zero-order chi connectivity index (χ0) is 9.98. The van der Waals surface area contributed by atoms with Crippen molar-refractivity contribution in [2.75, 3.05) is 13.1 Å². The molecule has 0 aromatic heterocycles. The Kier molecular flexibility index (Phi) is 10.8. The third-order valence-corrected chi connectivity index (χ3v) is 0.769. The fourth-order valence-electron chi connectivity index (χ4n) is 0.395. The van der Waals surface area contributed by atoms with Gasteiger partial charge in [-0.15, -0.1) is 0 Å². The van der Waals surface area contributed by atoms with Crippen LogP contribution in [0, 0.1) is 10.8 Å². The number of rotatable bonds is 2. The second-order valence-electron chi connectivity index (χ2n) is 1.91. The van der Waals surface area contributed by atoms with Gasteiger partial charge in [-0.2, -0.15) is 0 Å². The molecule has 8 N–H and O–H groups in total. The number of guanidine groups is 2. The molecule has 0 rings (SSSR count). The van der Waals surface area contributed by atoms with Gasteiger partial charge in [0.05, 0.1) is 0 Å². The molecule has 0 atom stereocenters. The van der Waals surface area contributed by atoms with Crippen molar-refractivity contribution in [2.24, 2.45) is 11.5 Å². The molecule has 0 fully saturated rings. The molecule has 0 radical (unpaired) electrons. The minimum absolute atomic E-state index is 0.312. The lowest BCUT2D eigenvalue weighted by molar-refractivity contribution is 0.762. The van der Waals surface area contributed by atoms with Crippen LogP contribution >= 0.6 is 0 Å². The Morgan fingerprint density at radius 3 is 1.42 bits per heavy atom. The Morgan fingerprint density at radius 1 is 1.08 bits per heavy atom. The summed E-state index contributed by atoms with van der Waals surface area (Å²) in [4.78, 5) is 0. The lowest BCUT2D eigenvalue weighted by Crippen LogP contribution is -2.39. The number of nitrogens with two attached hydrogens (primary N) is 2. The predicted octanol–water partition coefficient (Wildman–Crippen LogP) is -1.02. The number of hydrogen-bond acceptors (Lipinski definition) is 3. The van der Waals surface area contributed by atoms with Crippen LogP contribution in [0.3, 0.4) is 0 Å². The minimum atomic E-state index is -0.312. The molecule has 6 heteroatoms. The largest absolute Gasteiger partial charge is 0.370 e. The van der Waals surface area contributed by atoms with Crippen LogP contribution in [0.2, 0.25) is 0 Å². The number of nitrogens with one attached hydrogen (secondary N) is 4. The van der Waals surface area contributed by atoms with Crippen molar-refractivity contribution in [3.8, 4) is 0 Å². The van der Waals surface area contributed by atoms with E-state index >= 15 is 0 Å². The normalized spacial score (nSPS) is 7.83. The lowest BCUT2D eigenvalue weighted by atomic mass is 10.7. The Labute approximate surface area is 72.7 Å². The van der Waals surface area contributed by atoms with E-state index in [0.717, 1.165) is 13.1 Å². The van der Waals surface area contributed by atoms with Gasteiger partial charge >= 0.3 is 0 Å². The molecular formula is C6H18N6. The summed E-state index contributed by atoms with van der Waals surface area (Å²) in [6.07, 6.45) is 0. The third-order valence-electron chi connectivity index (χ3n) is 0.769. The van der Waals surface area contributed by atoms with Crippen LogP contribution in [-0.4, -0.2) is 25.0 Å². The Balaban J connectivity index is 0. The molecule has 0 bridgehead atoms. The van der Waals surface area contributed by atoms with Crippen LogP contribution in [0.1, 0.15) is 13.8 Å². The Hall–Kier alpha value is -1.30. The highest BCUT2D eigenvalue weighted by Gasteiger charge is 1.83. The lowest BCUT2D eigenvalue weighted by Gasteiger charge is -1.95. The van der Waals surface area contributed by atoms with Crippen molar-refractivity contribution < 1.29 is 0 Å². The molecular weight excluding hydrogens is 156 g/mol. The monoisotopic (exact) mass is 174 g/mol. The van der Waals surface area contributed by atoms with Gasteiger partial charge in [-0.05, 0) is 13.1 Å². The highest BCUT2D eigenvalue weighted by atomic mass is 15.1. The first-order valence-corrected chi connectivity index (χ1v) is 3.70. The predicted molar refractivity (Wildman–Crippen MR) is 51.2 cm³/mol. The van der Waals surface area contributed by atoms with Crippen molar-refractivity contribution >= 4 is 11.9 Å². The maximum Gasteiger partial charge on any atom is 0.192 e. The van der Waals surface area contributed by atoms with Gasteiger partial charge in [0, 0.05) is 0 Å². The molecule has 0 spiro atoms. The van der Waals surface area contributed by atoms with Crippen LogP contribution in [0.5, 0.6) is 0 Å². The summed E-state index contributed by atoms with van der Waals surface area (Å²) >= 11 is 0. The third kappa shape index (κ3) is 23.4. The van der Waals surface area contributed by atoms with Gasteiger partial charge in [0.2, 0.25) is 0 Å². The Bertz CT molecular complexity index is 118. The summed E-state index contributed by atoms with van der Waals surface area (Å²) in [6.45, 7) is 6.39. The van der Waals surface area contributed by atoms with E-state index < -0.39 is 0 Å². The molecule has 0 heterocycles.